The number of hydrogen-bond donors (Lipinski definition) is 3. The normalized spacial score (nSPS) is 12.2. The number of phenolic OH excluding ortho intramolecular Hbond substituents is 2. The van der Waals surface area contributed by atoms with E-state index in [0.29, 0.717) is 5.56 Å². The van der Waals surface area contributed by atoms with E-state index in [4.69, 9.17) is 10.5 Å². The van der Waals surface area contributed by atoms with Crippen LogP contribution in [0.2, 0.25) is 0 Å². The molecule has 0 aromatic heterocycles. The average molecular weight is 382 g/mol. The smallest absolute Gasteiger partial charge is 0.411 e. The Kier molecular flexibility index (Phi) is 7.59. The quantitative estimate of drug-likeness (QED) is 0.468. The van der Waals surface area contributed by atoms with E-state index in [2.05, 4.69) is 4.74 Å². The molecule has 1 aromatic carbocycles. The van der Waals surface area contributed by atoms with Gasteiger partial charge in [-0.05, 0) is 44.9 Å². The fraction of sp³-hybridized carbons (Fsp3) is 0.500. The minimum atomic E-state index is -0.989. The molecule has 0 spiro atoms. The minimum Gasteiger partial charge on any atom is -0.504 e. The average Bonchev–Trinajstić information content (AvgIpc) is 2.55. The zero-order chi connectivity index (χ0) is 20.8. The molecule has 0 saturated carbocycles. The largest absolute Gasteiger partial charge is 0.504 e. The van der Waals surface area contributed by atoms with Crippen LogP contribution in [0.5, 0.6) is 11.5 Å². The van der Waals surface area contributed by atoms with Gasteiger partial charge in [0.2, 0.25) is 0 Å². The summed E-state index contributed by atoms with van der Waals surface area (Å²) in [4.78, 5) is 37.1. The zero-order valence-corrected chi connectivity index (χ0v) is 15.9. The van der Waals surface area contributed by atoms with Crippen LogP contribution in [0.1, 0.15) is 26.3 Å². The summed E-state index contributed by atoms with van der Waals surface area (Å²) in [5, 5.41) is 18.8. The zero-order valence-electron chi connectivity index (χ0n) is 15.9. The van der Waals surface area contributed by atoms with E-state index in [1.165, 1.54) is 25.3 Å². The third-order valence-corrected chi connectivity index (χ3v) is 3.46. The monoisotopic (exact) mass is 382 g/mol. The molecule has 0 aliphatic rings. The Hall–Kier alpha value is -2.81. The van der Waals surface area contributed by atoms with Gasteiger partial charge in [0, 0.05) is 0 Å². The molecule has 1 aromatic rings. The Balaban J connectivity index is 2.82. The van der Waals surface area contributed by atoms with Crippen molar-refractivity contribution >= 4 is 17.8 Å². The fourth-order valence-corrected chi connectivity index (χ4v) is 2.10. The number of esters is 1. The molecule has 0 radical (unpaired) electrons. The van der Waals surface area contributed by atoms with Crippen molar-refractivity contribution in [3.05, 3.63) is 23.8 Å². The van der Waals surface area contributed by atoms with Crippen LogP contribution < -0.4 is 5.73 Å². The highest BCUT2D eigenvalue weighted by Gasteiger charge is 2.28. The molecule has 9 nitrogen and oxygen atoms in total. The lowest BCUT2D eigenvalue weighted by atomic mass is 10.0. The molecule has 0 saturated heterocycles. The second kappa shape index (κ2) is 9.22. The molecule has 1 atom stereocenters. The lowest BCUT2D eigenvalue weighted by Crippen LogP contribution is -2.47. The van der Waals surface area contributed by atoms with Crippen molar-refractivity contribution in [2.45, 2.75) is 38.8 Å². The lowest BCUT2D eigenvalue weighted by molar-refractivity contribution is -0.142. The van der Waals surface area contributed by atoms with Gasteiger partial charge in [0.05, 0.1) is 19.7 Å². The maximum Gasteiger partial charge on any atom is 0.411 e. The number of carbonyl (C=O) groups excluding carboxylic acids is 3. The number of methoxy groups -OCH3 is 1. The Morgan fingerprint density at radius 3 is 2.30 bits per heavy atom. The van der Waals surface area contributed by atoms with Crippen molar-refractivity contribution < 1.29 is 34.1 Å². The summed E-state index contributed by atoms with van der Waals surface area (Å²) >= 11 is 0. The number of nitrogens with two attached hydrogens (primary N) is 1. The topological polar surface area (TPSA) is 139 Å². The molecule has 1 amide bonds. The molecule has 9 heteroatoms. The first kappa shape index (κ1) is 22.2. The summed E-state index contributed by atoms with van der Waals surface area (Å²) in [6, 6.07) is 3.10. The second-order valence-electron chi connectivity index (χ2n) is 7.01. The van der Waals surface area contributed by atoms with Crippen LogP contribution in [0.15, 0.2) is 18.2 Å². The summed E-state index contributed by atoms with van der Waals surface area (Å²) < 4.78 is 9.74. The molecule has 0 aliphatic heterocycles. The highest BCUT2D eigenvalue weighted by atomic mass is 16.6. The summed E-state index contributed by atoms with van der Waals surface area (Å²) in [6.07, 6.45) is -0.761. The summed E-state index contributed by atoms with van der Waals surface area (Å²) in [5.74, 6) is -1.82. The van der Waals surface area contributed by atoms with Gasteiger partial charge in [-0.1, -0.05) is 6.07 Å². The van der Waals surface area contributed by atoms with Gasteiger partial charge in [0.25, 0.3) is 0 Å². The molecule has 0 aliphatic carbocycles. The predicted octanol–water partition coefficient (Wildman–Crippen LogP) is 0.947. The van der Waals surface area contributed by atoms with Crippen LogP contribution in [0.25, 0.3) is 0 Å². The summed E-state index contributed by atoms with van der Waals surface area (Å²) in [6.45, 7) is 4.09. The van der Waals surface area contributed by atoms with Gasteiger partial charge >= 0.3 is 12.1 Å². The van der Waals surface area contributed by atoms with Crippen LogP contribution in [0.3, 0.4) is 0 Å². The summed E-state index contributed by atoms with van der Waals surface area (Å²) in [7, 11) is 1.17. The van der Waals surface area contributed by atoms with E-state index in [0.717, 1.165) is 4.90 Å². The van der Waals surface area contributed by atoms with Gasteiger partial charge in [0.15, 0.2) is 17.3 Å². The van der Waals surface area contributed by atoms with Crippen LogP contribution in [0, 0.1) is 0 Å². The standard InChI is InChI=1S/C18H26N2O7/c1-18(2,3)27-17(25)20(10-16(24)26-4)9-15(23)12(19)7-11-5-6-13(21)14(22)8-11/h5-6,8,12,21-22H,7,9-10,19H2,1-4H3/t12-/m0/s1. The minimum absolute atomic E-state index is 0.0764. The number of phenols is 2. The molecular weight excluding hydrogens is 356 g/mol. The lowest BCUT2D eigenvalue weighted by Gasteiger charge is -2.27. The van der Waals surface area contributed by atoms with E-state index in [1.807, 2.05) is 0 Å². The number of benzene rings is 1. The van der Waals surface area contributed by atoms with Crippen molar-refractivity contribution in [2.24, 2.45) is 5.73 Å². The Morgan fingerprint density at radius 2 is 1.78 bits per heavy atom. The molecule has 27 heavy (non-hydrogen) atoms. The molecule has 1 rings (SSSR count). The highest BCUT2D eigenvalue weighted by molar-refractivity contribution is 5.90. The fourth-order valence-electron chi connectivity index (χ4n) is 2.10. The maximum atomic E-state index is 12.4. The van der Waals surface area contributed by atoms with Crippen LogP contribution in [0.4, 0.5) is 4.79 Å². The second-order valence-corrected chi connectivity index (χ2v) is 7.01. The number of Topliss-reactive ketones (excluding diaryl/α,β-unsaturated/α-hetero) is 1. The third kappa shape index (κ3) is 7.53. The van der Waals surface area contributed by atoms with Gasteiger partial charge in [-0.2, -0.15) is 0 Å². The third-order valence-electron chi connectivity index (χ3n) is 3.46. The molecule has 150 valence electrons. The number of ketones is 1. The molecular formula is C18H26N2O7. The number of carbonyl (C=O) groups is 3. The first-order valence-electron chi connectivity index (χ1n) is 8.27. The van der Waals surface area contributed by atoms with E-state index in [9.17, 15) is 24.6 Å². The van der Waals surface area contributed by atoms with Crippen molar-refractivity contribution in [1.29, 1.82) is 0 Å². The molecule has 0 fully saturated rings. The van der Waals surface area contributed by atoms with E-state index in [-0.39, 0.29) is 17.9 Å². The Bertz CT molecular complexity index is 697. The van der Waals surface area contributed by atoms with Crippen LogP contribution in [-0.4, -0.2) is 64.8 Å². The SMILES string of the molecule is COC(=O)CN(CC(=O)[C@@H](N)Cc1ccc(O)c(O)c1)C(=O)OC(C)(C)C. The highest BCUT2D eigenvalue weighted by Crippen LogP contribution is 2.25. The van der Waals surface area contributed by atoms with Gasteiger partial charge in [-0.15, -0.1) is 0 Å². The number of amides is 1. The van der Waals surface area contributed by atoms with Crippen molar-refractivity contribution in [1.82, 2.24) is 4.90 Å². The first-order valence-corrected chi connectivity index (χ1v) is 8.27. The van der Waals surface area contributed by atoms with Gasteiger partial charge < -0.3 is 25.4 Å². The van der Waals surface area contributed by atoms with Gasteiger partial charge in [-0.3, -0.25) is 14.5 Å². The summed E-state index contributed by atoms with van der Waals surface area (Å²) in [5.41, 5.74) is 5.61. The van der Waals surface area contributed by atoms with Crippen LogP contribution in [-0.2, 0) is 25.5 Å². The van der Waals surface area contributed by atoms with Crippen LogP contribution >= 0.6 is 0 Å². The van der Waals surface area contributed by atoms with Crippen molar-refractivity contribution in [3.63, 3.8) is 0 Å². The van der Waals surface area contributed by atoms with E-state index in [1.54, 1.807) is 20.8 Å². The number of hydrogen-bond acceptors (Lipinski definition) is 8. The molecule has 0 heterocycles. The number of ether oxygens (including phenoxy) is 2. The predicted molar refractivity (Wildman–Crippen MR) is 96.3 cm³/mol. The number of aromatic hydroxyl groups is 2. The van der Waals surface area contributed by atoms with Crippen molar-refractivity contribution in [3.8, 4) is 11.5 Å². The van der Waals surface area contributed by atoms with Gasteiger partial charge in [0.1, 0.15) is 12.1 Å². The van der Waals surface area contributed by atoms with Gasteiger partial charge in [-0.25, -0.2) is 4.79 Å². The molecule has 0 unspecified atom stereocenters. The van der Waals surface area contributed by atoms with E-state index < -0.39 is 42.6 Å². The number of rotatable bonds is 7. The Morgan fingerprint density at radius 1 is 1.15 bits per heavy atom. The molecule has 4 N–H and O–H groups in total. The van der Waals surface area contributed by atoms with Crippen molar-refractivity contribution in [2.75, 3.05) is 20.2 Å². The Labute approximate surface area is 157 Å². The first-order chi connectivity index (χ1) is 12.4. The van der Waals surface area contributed by atoms with E-state index >= 15 is 0 Å². The maximum absolute atomic E-state index is 12.4. The molecule has 0 bridgehead atoms. The number of nitrogens with zero attached hydrogens (tertiary/aromatic N) is 1.